The fourth-order valence-electron chi connectivity index (χ4n) is 1.84. The number of nitrogens with one attached hydrogen (secondary N) is 1. The molecule has 0 aromatic carbocycles. The van der Waals surface area contributed by atoms with Gasteiger partial charge in [-0.1, -0.05) is 13.0 Å². The number of hydrogen-bond donors (Lipinski definition) is 1. The number of carbonyl (C=O) groups excluding carboxylic acids is 1. The van der Waals surface area contributed by atoms with Crippen molar-refractivity contribution in [1.29, 1.82) is 0 Å². The van der Waals surface area contributed by atoms with Crippen LogP contribution in [0.25, 0.3) is 0 Å². The first-order valence-corrected chi connectivity index (χ1v) is 6.83. The number of pyridine rings is 1. The van der Waals surface area contributed by atoms with Gasteiger partial charge in [-0.25, -0.2) is 0 Å². The van der Waals surface area contributed by atoms with Crippen molar-refractivity contribution in [1.82, 2.24) is 15.2 Å². The Balaban J connectivity index is 2.37. The van der Waals surface area contributed by atoms with Gasteiger partial charge in [0.1, 0.15) is 5.69 Å². The zero-order valence-corrected chi connectivity index (χ0v) is 12.2. The van der Waals surface area contributed by atoms with Gasteiger partial charge in [0, 0.05) is 39.3 Å². The van der Waals surface area contributed by atoms with Crippen LogP contribution in [-0.4, -0.2) is 35.4 Å². The fourth-order valence-corrected chi connectivity index (χ4v) is 1.84. The molecule has 0 atom stereocenters. The Hall–Kier alpha value is -1.63. The number of aromatic nitrogens is 1. The summed E-state index contributed by atoms with van der Waals surface area (Å²) in [6.45, 7) is 5.81. The minimum Gasteiger partial charge on any atom is -0.342 e. The zero-order chi connectivity index (χ0) is 15.9. The van der Waals surface area contributed by atoms with E-state index in [0.717, 1.165) is 12.5 Å². The van der Waals surface area contributed by atoms with E-state index in [4.69, 9.17) is 0 Å². The van der Waals surface area contributed by atoms with Crippen LogP contribution >= 0.6 is 0 Å². The first-order valence-electron chi connectivity index (χ1n) is 6.83. The van der Waals surface area contributed by atoms with Gasteiger partial charge in [-0.3, -0.25) is 9.78 Å². The Morgan fingerprint density at radius 2 is 2.05 bits per heavy atom. The summed E-state index contributed by atoms with van der Waals surface area (Å²) in [7, 11) is 0. The van der Waals surface area contributed by atoms with E-state index in [-0.39, 0.29) is 5.91 Å². The average Bonchev–Trinajstić information content (AvgIpc) is 2.41. The number of amides is 1. The lowest BCUT2D eigenvalue weighted by Gasteiger charge is -2.20. The van der Waals surface area contributed by atoms with Gasteiger partial charge in [-0.2, -0.15) is 13.2 Å². The van der Waals surface area contributed by atoms with Crippen LogP contribution in [0.2, 0.25) is 0 Å². The topological polar surface area (TPSA) is 45.2 Å². The Morgan fingerprint density at radius 1 is 1.33 bits per heavy atom. The molecule has 1 aromatic rings. The van der Waals surface area contributed by atoms with Crippen LogP contribution in [0.5, 0.6) is 0 Å². The van der Waals surface area contributed by atoms with E-state index >= 15 is 0 Å². The van der Waals surface area contributed by atoms with Gasteiger partial charge in [-0.15, -0.1) is 0 Å². The van der Waals surface area contributed by atoms with Crippen molar-refractivity contribution >= 4 is 5.91 Å². The number of alkyl halides is 3. The van der Waals surface area contributed by atoms with E-state index in [9.17, 15) is 18.0 Å². The molecule has 0 aliphatic rings. The standard InChI is InChI=1S/C14H20F3N3O/c1-3-7-20(11(2)21)8-6-18-9-12-4-5-13(19-10-12)14(15,16)17/h4-5,10,18H,3,6-9H2,1-2H3. The molecule has 0 saturated carbocycles. The molecule has 1 rings (SSSR count). The van der Waals surface area contributed by atoms with Gasteiger partial charge < -0.3 is 10.2 Å². The molecule has 21 heavy (non-hydrogen) atoms. The predicted molar refractivity (Wildman–Crippen MR) is 73.5 cm³/mol. The summed E-state index contributed by atoms with van der Waals surface area (Å²) < 4.78 is 37.0. The first kappa shape index (κ1) is 17.4. The van der Waals surface area contributed by atoms with Crippen molar-refractivity contribution in [2.24, 2.45) is 0 Å². The number of halogens is 3. The van der Waals surface area contributed by atoms with Gasteiger partial charge >= 0.3 is 6.18 Å². The number of nitrogens with zero attached hydrogens (tertiary/aromatic N) is 2. The Kier molecular flexibility index (Phi) is 6.61. The SMILES string of the molecule is CCCN(CCNCc1ccc(C(F)(F)F)nc1)C(C)=O. The van der Waals surface area contributed by atoms with Crippen LogP contribution in [0.1, 0.15) is 31.5 Å². The molecule has 4 nitrogen and oxygen atoms in total. The van der Waals surface area contributed by atoms with Crippen molar-refractivity contribution in [2.45, 2.75) is 33.0 Å². The minimum atomic E-state index is -4.41. The van der Waals surface area contributed by atoms with Crippen LogP contribution in [0.15, 0.2) is 18.3 Å². The van der Waals surface area contributed by atoms with E-state index in [1.54, 1.807) is 4.90 Å². The van der Waals surface area contributed by atoms with Gasteiger partial charge in [0.2, 0.25) is 5.91 Å². The maximum atomic E-state index is 12.3. The van der Waals surface area contributed by atoms with Crippen LogP contribution in [0, 0.1) is 0 Å². The lowest BCUT2D eigenvalue weighted by molar-refractivity contribution is -0.141. The minimum absolute atomic E-state index is 0.0230. The molecule has 118 valence electrons. The van der Waals surface area contributed by atoms with E-state index < -0.39 is 11.9 Å². The molecule has 1 N–H and O–H groups in total. The van der Waals surface area contributed by atoms with Gasteiger partial charge in [0.15, 0.2) is 0 Å². The molecule has 0 aliphatic carbocycles. The molecule has 0 saturated heterocycles. The molecule has 0 bridgehead atoms. The summed E-state index contributed by atoms with van der Waals surface area (Å²) in [6, 6.07) is 2.37. The third-order valence-corrected chi connectivity index (χ3v) is 2.94. The fraction of sp³-hybridized carbons (Fsp3) is 0.571. The highest BCUT2D eigenvalue weighted by atomic mass is 19.4. The first-order chi connectivity index (χ1) is 9.84. The van der Waals surface area contributed by atoms with E-state index in [1.807, 2.05) is 6.92 Å². The second-order valence-electron chi connectivity index (χ2n) is 4.73. The summed E-state index contributed by atoms with van der Waals surface area (Å²) in [6.07, 6.45) is -2.30. The predicted octanol–water partition coefficient (Wildman–Crippen LogP) is 2.45. The summed E-state index contributed by atoms with van der Waals surface area (Å²) in [5.41, 5.74) is -0.218. The molecule has 1 amide bonds. The Labute approximate surface area is 122 Å². The van der Waals surface area contributed by atoms with Crippen LogP contribution in [0.4, 0.5) is 13.2 Å². The molecule has 0 aliphatic heterocycles. The molecule has 7 heteroatoms. The summed E-state index contributed by atoms with van der Waals surface area (Å²) in [4.78, 5) is 16.4. The summed E-state index contributed by atoms with van der Waals surface area (Å²) in [5, 5.41) is 3.09. The lowest BCUT2D eigenvalue weighted by Crippen LogP contribution is -2.35. The van der Waals surface area contributed by atoms with Crippen molar-refractivity contribution in [3.8, 4) is 0 Å². The van der Waals surface area contributed by atoms with Crippen LogP contribution < -0.4 is 5.32 Å². The lowest BCUT2D eigenvalue weighted by atomic mass is 10.2. The number of carbonyl (C=O) groups is 1. The Morgan fingerprint density at radius 3 is 2.52 bits per heavy atom. The van der Waals surface area contributed by atoms with Crippen molar-refractivity contribution in [3.63, 3.8) is 0 Å². The van der Waals surface area contributed by atoms with Crippen molar-refractivity contribution < 1.29 is 18.0 Å². The molecular weight excluding hydrogens is 283 g/mol. The normalized spacial score (nSPS) is 11.5. The third-order valence-electron chi connectivity index (χ3n) is 2.94. The summed E-state index contributed by atoms with van der Waals surface area (Å²) >= 11 is 0. The molecule has 0 radical (unpaired) electrons. The third kappa shape index (κ3) is 6.12. The molecule has 0 unspecified atom stereocenters. The Bertz CT molecular complexity index is 446. The summed E-state index contributed by atoms with van der Waals surface area (Å²) in [5.74, 6) is 0.0230. The second kappa shape index (κ2) is 7.97. The average molecular weight is 303 g/mol. The van der Waals surface area contributed by atoms with Gasteiger partial charge in [-0.05, 0) is 18.1 Å². The quantitative estimate of drug-likeness (QED) is 0.787. The number of rotatable bonds is 7. The molecule has 1 aromatic heterocycles. The molecule has 0 fully saturated rings. The van der Waals surface area contributed by atoms with Gasteiger partial charge in [0.05, 0.1) is 0 Å². The zero-order valence-electron chi connectivity index (χ0n) is 12.2. The van der Waals surface area contributed by atoms with Gasteiger partial charge in [0.25, 0.3) is 0 Å². The van der Waals surface area contributed by atoms with Crippen LogP contribution in [0.3, 0.4) is 0 Å². The van der Waals surface area contributed by atoms with E-state index in [1.165, 1.54) is 19.2 Å². The van der Waals surface area contributed by atoms with Crippen molar-refractivity contribution in [2.75, 3.05) is 19.6 Å². The highest BCUT2D eigenvalue weighted by Gasteiger charge is 2.31. The van der Waals surface area contributed by atoms with Crippen molar-refractivity contribution in [3.05, 3.63) is 29.6 Å². The maximum absolute atomic E-state index is 12.3. The molecule has 0 spiro atoms. The monoisotopic (exact) mass is 303 g/mol. The molecule has 1 heterocycles. The smallest absolute Gasteiger partial charge is 0.342 e. The second-order valence-corrected chi connectivity index (χ2v) is 4.73. The largest absolute Gasteiger partial charge is 0.433 e. The maximum Gasteiger partial charge on any atom is 0.433 e. The van der Waals surface area contributed by atoms with Crippen LogP contribution in [-0.2, 0) is 17.5 Å². The van der Waals surface area contributed by atoms with E-state index in [2.05, 4.69) is 10.3 Å². The van der Waals surface area contributed by atoms with E-state index in [0.29, 0.717) is 31.7 Å². The number of hydrogen-bond acceptors (Lipinski definition) is 3. The highest BCUT2D eigenvalue weighted by molar-refractivity contribution is 5.73. The highest BCUT2D eigenvalue weighted by Crippen LogP contribution is 2.27. The molecular formula is C14H20F3N3O.